The predicted molar refractivity (Wildman–Crippen MR) is 75.5 cm³/mol. The SMILES string of the molecule is CC1(C)CCN(CCn2cc(CN)nn2)CCS1. The van der Waals surface area contributed by atoms with E-state index in [1.165, 1.54) is 25.3 Å². The summed E-state index contributed by atoms with van der Waals surface area (Å²) >= 11 is 2.08. The normalized spacial score (nSPS) is 20.8. The number of nitrogens with two attached hydrogens (primary N) is 1. The maximum absolute atomic E-state index is 5.52. The average Bonchev–Trinajstić information content (AvgIpc) is 2.72. The van der Waals surface area contributed by atoms with Crippen LogP contribution in [-0.2, 0) is 13.1 Å². The molecule has 0 amide bonds. The van der Waals surface area contributed by atoms with Crippen molar-refractivity contribution in [2.75, 3.05) is 25.4 Å². The summed E-state index contributed by atoms with van der Waals surface area (Å²) in [6, 6.07) is 0. The minimum Gasteiger partial charge on any atom is -0.325 e. The molecule has 102 valence electrons. The Hall–Kier alpha value is -0.590. The van der Waals surface area contributed by atoms with Crippen LogP contribution in [0.3, 0.4) is 0 Å². The molecule has 1 saturated heterocycles. The Morgan fingerprint density at radius 1 is 1.39 bits per heavy atom. The fourth-order valence-electron chi connectivity index (χ4n) is 2.07. The monoisotopic (exact) mass is 269 g/mol. The molecule has 0 radical (unpaired) electrons. The van der Waals surface area contributed by atoms with Crippen LogP contribution in [0, 0.1) is 0 Å². The Balaban J connectivity index is 1.79. The van der Waals surface area contributed by atoms with Gasteiger partial charge in [-0.2, -0.15) is 11.8 Å². The lowest BCUT2D eigenvalue weighted by molar-refractivity contribution is 0.267. The van der Waals surface area contributed by atoms with Gasteiger partial charge < -0.3 is 10.6 Å². The fourth-order valence-corrected chi connectivity index (χ4v) is 3.21. The third-order valence-corrected chi connectivity index (χ3v) is 4.74. The van der Waals surface area contributed by atoms with Gasteiger partial charge >= 0.3 is 0 Å². The van der Waals surface area contributed by atoms with E-state index in [1.54, 1.807) is 0 Å². The summed E-state index contributed by atoms with van der Waals surface area (Å²) in [5.74, 6) is 1.22. The summed E-state index contributed by atoms with van der Waals surface area (Å²) < 4.78 is 2.32. The van der Waals surface area contributed by atoms with Gasteiger partial charge in [-0.05, 0) is 13.0 Å². The molecule has 0 unspecified atom stereocenters. The largest absolute Gasteiger partial charge is 0.325 e. The number of thioether (sulfide) groups is 1. The smallest absolute Gasteiger partial charge is 0.0962 e. The molecule has 18 heavy (non-hydrogen) atoms. The molecular formula is C12H23N5S. The van der Waals surface area contributed by atoms with E-state index in [4.69, 9.17) is 5.73 Å². The molecule has 0 atom stereocenters. The first kappa shape index (κ1) is 13.8. The van der Waals surface area contributed by atoms with Crippen LogP contribution >= 0.6 is 11.8 Å². The second-order valence-corrected chi connectivity index (χ2v) is 7.18. The van der Waals surface area contributed by atoms with Crippen molar-refractivity contribution >= 4 is 11.8 Å². The molecule has 1 aromatic heterocycles. The standard InChI is InChI=1S/C12H23N5S/c1-12(2)3-4-16(7-8-18-12)5-6-17-10-11(9-13)14-15-17/h10H,3-9,13H2,1-2H3. The molecule has 1 aliphatic heterocycles. The zero-order valence-electron chi connectivity index (χ0n) is 11.3. The van der Waals surface area contributed by atoms with Crippen LogP contribution in [0.4, 0.5) is 0 Å². The van der Waals surface area contributed by atoms with Crippen molar-refractivity contribution in [3.8, 4) is 0 Å². The van der Waals surface area contributed by atoms with Gasteiger partial charge in [0.2, 0.25) is 0 Å². The summed E-state index contributed by atoms with van der Waals surface area (Å²) in [5, 5.41) is 8.08. The number of hydrogen-bond donors (Lipinski definition) is 1. The molecule has 6 heteroatoms. The van der Waals surface area contributed by atoms with Gasteiger partial charge in [-0.25, -0.2) is 0 Å². The maximum Gasteiger partial charge on any atom is 0.0962 e. The summed E-state index contributed by atoms with van der Waals surface area (Å²) in [4.78, 5) is 2.52. The van der Waals surface area contributed by atoms with Crippen molar-refractivity contribution < 1.29 is 0 Å². The first-order valence-electron chi connectivity index (χ1n) is 6.54. The third-order valence-electron chi connectivity index (χ3n) is 3.37. The minimum atomic E-state index is 0.425. The molecular weight excluding hydrogens is 246 g/mol. The second kappa shape index (κ2) is 6.04. The molecule has 2 N–H and O–H groups in total. The minimum absolute atomic E-state index is 0.425. The maximum atomic E-state index is 5.52. The van der Waals surface area contributed by atoms with Gasteiger partial charge in [-0.3, -0.25) is 4.68 Å². The lowest BCUT2D eigenvalue weighted by Crippen LogP contribution is -2.30. The molecule has 1 fully saturated rings. The third kappa shape index (κ3) is 3.96. The number of hydrogen-bond acceptors (Lipinski definition) is 5. The molecule has 2 rings (SSSR count). The average molecular weight is 269 g/mol. The van der Waals surface area contributed by atoms with Gasteiger partial charge in [-0.15, -0.1) is 5.10 Å². The van der Waals surface area contributed by atoms with Crippen LogP contribution in [0.2, 0.25) is 0 Å². The Labute approximate surface area is 113 Å². The van der Waals surface area contributed by atoms with Crippen molar-refractivity contribution in [3.05, 3.63) is 11.9 Å². The van der Waals surface area contributed by atoms with Gasteiger partial charge in [0, 0.05) is 36.3 Å². The van der Waals surface area contributed by atoms with Crippen molar-refractivity contribution in [1.82, 2.24) is 19.9 Å². The van der Waals surface area contributed by atoms with Gasteiger partial charge in [0.05, 0.1) is 12.2 Å². The Morgan fingerprint density at radius 3 is 2.94 bits per heavy atom. The number of rotatable bonds is 4. The first-order valence-corrected chi connectivity index (χ1v) is 7.53. The number of nitrogens with zero attached hydrogens (tertiary/aromatic N) is 4. The van der Waals surface area contributed by atoms with Crippen molar-refractivity contribution in [2.24, 2.45) is 5.73 Å². The molecule has 0 aliphatic carbocycles. The predicted octanol–water partition coefficient (Wildman–Crippen LogP) is 0.954. The Morgan fingerprint density at radius 2 is 2.22 bits per heavy atom. The summed E-state index contributed by atoms with van der Waals surface area (Å²) in [5.41, 5.74) is 6.39. The lowest BCUT2D eigenvalue weighted by Gasteiger charge is -2.22. The molecule has 0 spiro atoms. The van der Waals surface area contributed by atoms with E-state index in [1.807, 2.05) is 10.9 Å². The molecule has 2 heterocycles. The molecule has 0 aromatic carbocycles. The van der Waals surface area contributed by atoms with Gasteiger partial charge in [0.1, 0.15) is 0 Å². The van der Waals surface area contributed by atoms with Crippen LogP contribution < -0.4 is 5.73 Å². The quantitative estimate of drug-likeness (QED) is 0.882. The van der Waals surface area contributed by atoms with Crippen LogP contribution in [0.1, 0.15) is 26.0 Å². The Kier molecular flexibility index (Phi) is 4.64. The zero-order valence-corrected chi connectivity index (χ0v) is 12.1. The van der Waals surface area contributed by atoms with Crippen LogP contribution in [0.15, 0.2) is 6.20 Å². The van der Waals surface area contributed by atoms with Crippen LogP contribution in [0.25, 0.3) is 0 Å². The lowest BCUT2D eigenvalue weighted by atomic mass is 10.1. The highest BCUT2D eigenvalue weighted by atomic mass is 32.2. The van der Waals surface area contributed by atoms with Crippen LogP contribution in [0.5, 0.6) is 0 Å². The van der Waals surface area contributed by atoms with Gasteiger partial charge in [0.25, 0.3) is 0 Å². The molecule has 0 saturated carbocycles. The summed E-state index contributed by atoms with van der Waals surface area (Å²) in [6.45, 7) is 9.44. The van der Waals surface area contributed by atoms with Crippen molar-refractivity contribution in [3.63, 3.8) is 0 Å². The highest BCUT2D eigenvalue weighted by molar-refractivity contribution is 8.00. The molecule has 1 aliphatic rings. The van der Waals surface area contributed by atoms with E-state index in [9.17, 15) is 0 Å². The van der Waals surface area contributed by atoms with Crippen molar-refractivity contribution in [1.29, 1.82) is 0 Å². The van der Waals surface area contributed by atoms with E-state index in [0.29, 0.717) is 11.3 Å². The first-order chi connectivity index (χ1) is 8.59. The fraction of sp³-hybridized carbons (Fsp3) is 0.833. The van der Waals surface area contributed by atoms with E-state index in [-0.39, 0.29) is 0 Å². The highest BCUT2D eigenvalue weighted by Crippen LogP contribution is 2.30. The Bertz CT molecular complexity index is 376. The van der Waals surface area contributed by atoms with E-state index in [2.05, 4.69) is 40.8 Å². The molecule has 0 bridgehead atoms. The van der Waals surface area contributed by atoms with Gasteiger partial charge in [-0.1, -0.05) is 19.1 Å². The van der Waals surface area contributed by atoms with Crippen molar-refractivity contribution in [2.45, 2.75) is 38.1 Å². The summed E-state index contributed by atoms with van der Waals surface area (Å²) in [6.07, 6.45) is 3.19. The summed E-state index contributed by atoms with van der Waals surface area (Å²) in [7, 11) is 0. The molecule has 1 aromatic rings. The van der Waals surface area contributed by atoms with Crippen LogP contribution in [-0.4, -0.2) is 50.0 Å². The van der Waals surface area contributed by atoms with Gasteiger partial charge in [0.15, 0.2) is 0 Å². The topological polar surface area (TPSA) is 60.0 Å². The second-order valence-electron chi connectivity index (χ2n) is 5.38. The van der Waals surface area contributed by atoms with E-state index in [0.717, 1.165) is 18.8 Å². The van der Waals surface area contributed by atoms with E-state index >= 15 is 0 Å². The molecule has 5 nitrogen and oxygen atoms in total. The number of aromatic nitrogens is 3. The van der Waals surface area contributed by atoms with E-state index < -0.39 is 0 Å². The zero-order chi connectivity index (χ0) is 13.0. The highest BCUT2D eigenvalue weighted by Gasteiger charge is 2.23.